The zero-order chi connectivity index (χ0) is 20.3. The maximum atomic E-state index is 12.5. The van der Waals surface area contributed by atoms with Gasteiger partial charge in [-0.1, -0.05) is 17.7 Å². The minimum atomic E-state index is -4.42. The molecule has 1 aliphatic heterocycles. The number of nitrogens with one attached hydrogen (secondary N) is 2. The first-order valence-corrected chi connectivity index (χ1v) is 8.81. The molecule has 1 fully saturated rings. The lowest BCUT2D eigenvalue weighted by molar-refractivity contribution is -0.137. The van der Waals surface area contributed by atoms with Crippen LogP contribution in [0, 0.1) is 12.8 Å². The summed E-state index contributed by atoms with van der Waals surface area (Å²) in [5, 5.41) is 5.16. The summed E-state index contributed by atoms with van der Waals surface area (Å²) in [5.41, 5.74) is 1.41. The molecule has 1 aliphatic rings. The molecule has 8 heteroatoms. The number of benzene rings is 2. The van der Waals surface area contributed by atoms with Crippen LogP contribution >= 0.6 is 0 Å². The number of carbonyl (C=O) groups is 2. The van der Waals surface area contributed by atoms with Crippen molar-refractivity contribution >= 4 is 23.3 Å². The molecule has 5 nitrogen and oxygen atoms in total. The molecule has 2 N–H and O–H groups in total. The molecule has 3 amide bonds. The first kappa shape index (κ1) is 19.7. The van der Waals surface area contributed by atoms with Crippen molar-refractivity contribution in [2.24, 2.45) is 5.92 Å². The van der Waals surface area contributed by atoms with Crippen LogP contribution in [0.4, 0.5) is 29.3 Å². The molecule has 0 radical (unpaired) electrons. The van der Waals surface area contributed by atoms with E-state index in [1.807, 2.05) is 31.2 Å². The molecule has 0 aliphatic carbocycles. The monoisotopic (exact) mass is 391 g/mol. The number of amides is 3. The van der Waals surface area contributed by atoms with Gasteiger partial charge in [0.05, 0.1) is 5.56 Å². The van der Waals surface area contributed by atoms with Crippen molar-refractivity contribution in [1.82, 2.24) is 5.32 Å². The Hall–Kier alpha value is -3.03. The van der Waals surface area contributed by atoms with Crippen molar-refractivity contribution in [1.29, 1.82) is 0 Å². The minimum Gasteiger partial charge on any atom is -0.338 e. The van der Waals surface area contributed by atoms with Gasteiger partial charge in [-0.25, -0.2) is 4.79 Å². The van der Waals surface area contributed by atoms with Crippen molar-refractivity contribution in [3.63, 3.8) is 0 Å². The summed E-state index contributed by atoms with van der Waals surface area (Å²) < 4.78 is 37.6. The van der Waals surface area contributed by atoms with Crippen LogP contribution in [-0.2, 0) is 11.0 Å². The van der Waals surface area contributed by atoms with E-state index in [1.54, 1.807) is 4.90 Å². The smallest absolute Gasteiger partial charge is 0.338 e. The lowest BCUT2D eigenvalue weighted by Crippen LogP contribution is -2.34. The molecule has 1 atom stereocenters. The highest BCUT2D eigenvalue weighted by atomic mass is 19.4. The quantitative estimate of drug-likeness (QED) is 0.821. The highest BCUT2D eigenvalue weighted by Gasteiger charge is 2.31. The average Bonchev–Trinajstić information content (AvgIpc) is 3.01. The van der Waals surface area contributed by atoms with Crippen LogP contribution < -0.4 is 15.5 Å². The third kappa shape index (κ3) is 4.82. The maximum absolute atomic E-state index is 12.5. The zero-order valence-corrected chi connectivity index (χ0v) is 15.2. The van der Waals surface area contributed by atoms with E-state index < -0.39 is 17.8 Å². The molecule has 0 bridgehead atoms. The summed E-state index contributed by atoms with van der Waals surface area (Å²) in [6.07, 6.45) is -4.09. The first-order chi connectivity index (χ1) is 13.2. The second-order valence-electron chi connectivity index (χ2n) is 6.82. The Morgan fingerprint density at radius 2 is 1.75 bits per heavy atom. The number of alkyl halides is 3. The molecular weight excluding hydrogens is 371 g/mol. The number of carbonyl (C=O) groups excluding carboxylic acids is 2. The van der Waals surface area contributed by atoms with E-state index in [4.69, 9.17) is 0 Å². The third-order valence-corrected chi connectivity index (χ3v) is 4.57. The second kappa shape index (κ2) is 7.92. The van der Waals surface area contributed by atoms with E-state index in [1.165, 1.54) is 12.1 Å². The zero-order valence-electron chi connectivity index (χ0n) is 15.2. The summed E-state index contributed by atoms with van der Waals surface area (Å²) in [4.78, 5) is 25.9. The van der Waals surface area contributed by atoms with Gasteiger partial charge in [-0.3, -0.25) is 4.79 Å². The summed E-state index contributed by atoms with van der Waals surface area (Å²) in [7, 11) is 0. The summed E-state index contributed by atoms with van der Waals surface area (Å²) in [5.74, 6) is -0.0361. The fourth-order valence-corrected chi connectivity index (χ4v) is 3.05. The molecule has 0 saturated carbocycles. The van der Waals surface area contributed by atoms with E-state index in [2.05, 4.69) is 10.6 Å². The van der Waals surface area contributed by atoms with Crippen LogP contribution in [0.15, 0.2) is 48.5 Å². The highest BCUT2D eigenvalue weighted by molar-refractivity contribution is 5.96. The number of hydrogen-bond donors (Lipinski definition) is 2. The van der Waals surface area contributed by atoms with E-state index in [0.717, 1.165) is 23.4 Å². The highest BCUT2D eigenvalue weighted by Crippen LogP contribution is 2.30. The molecule has 3 rings (SSSR count). The van der Waals surface area contributed by atoms with Crippen LogP contribution in [0.5, 0.6) is 0 Å². The molecular formula is C20H20F3N3O2. The number of anilines is 2. The third-order valence-electron chi connectivity index (χ3n) is 4.57. The van der Waals surface area contributed by atoms with Crippen molar-refractivity contribution in [3.05, 3.63) is 59.7 Å². The van der Waals surface area contributed by atoms with Gasteiger partial charge in [0.2, 0.25) is 5.91 Å². The molecule has 1 heterocycles. The van der Waals surface area contributed by atoms with Gasteiger partial charge in [-0.15, -0.1) is 0 Å². The Bertz CT molecular complexity index is 848. The molecule has 2 aromatic carbocycles. The Morgan fingerprint density at radius 3 is 2.36 bits per heavy atom. The van der Waals surface area contributed by atoms with Crippen LogP contribution in [0.25, 0.3) is 0 Å². The van der Waals surface area contributed by atoms with Gasteiger partial charge in [0.1, 0.15) is 0 Å². The van der Waals surface area contributed by atoms with Crippen LogP contribution in [0.3, 0.4) is 0 Å². The fraction of sp³-hybridized carbons (Fsp3) is 0.300. The predicted molar refractivity (Wildman–Crippen MR) is 100 cm³/mol. The SMILES string of the molecule is Cc1ccc(N2CC(CNC(=O)Nc3ccc(C(F)(F)F)cc3)CC2=O)cc1. The molecule has 148 valence electrons. The number of rotatable bonds is 4. The topological polar surface area (TPSA) is 61.4 Å². The number of aryl methyl sites for hydroxylation is 1. The summed E-state index contributed by atoms with van der Waals surface area (Å²) >= 11 is 0. The van der Waals surface area contributed by atoms with Crippen LogP contribution in [0.2, 0.25) is 0 Å². The van der Waals surface area contributed by atoms with Gasteiger partial charge < -0.3 is 15.5 Å². The van der Waals surface area contributed by atoms with Crippen molar-refractivity contribution in [2.45, 2.75) is 19.5 Å². The number of halogens is 3. The van der Waals surface area contributed by atoms with E-state index in [0.29, 0.717) is 19.5 Å². The van der Waals surface area contributed by atoms with Crippen molar-refractivity contribution < 1.29 is 22.8 Å². The van der Waals surface area contributed by atoms with Gasteiger partial charge in [-0.2, -0.15) is 13.2 Å². The van der Waals surface area contributed by atoms with Gasteiger partial charge in [0.25, 0.3) is 0 Å². The summed E-state index contributed by atoms with van der Waals surface area (Å²) in [6, 6.07) is 11.3. The first-order valence-electron chi connectivity index (χ1n) is 8.81. The van der Waals surface area contributed by atoms with Gasteiger partial charge in [0, 0.05) is 36.8 Å². The predicted octanol–water partition coefficient (Wildman–Crippen LogP) is 4.19. The van der Waals surface area contributed by atoms with E-state index in [-0.39, 0.29) is 17.5 Å². The molecule has 0 aromatic heterocycles. The number of nitrogens with zero attached hydrogens (tertiary/aromatic N) is 1. The standard InChI is InChI=1S/C20H20F3N3O2/c1-13-2-8-17(9-3-13)26-12-14(10-18(26)27)11-24-19(28)25-16-6-4-15(5-7-16)20(21,22)23/h2-9,14H,10-12H2,1H3,(H2,24,25,28). The molecule has 2 aromatic rings. The normalized spacial score (nSPS) is 16.9. The molecule has 28 heavy (non-hydrogen) atoms. The van der Waals surface area contributed by atoms with E-state index >= 15 is 0 Å². The van der Waals surface area contributed by atoms with Crippen LogP contribution in [0.1, 0.15) is 17.5 Å². The average molecular weight is 391 g/mol. The number of urea groups is 1. The Morgan fingerprint density at radius 1 is 1.11 bits per heavy atom. The Kier molecular flexibility index (Phi) is 5.58. The van der Waals surface area contributed by atoms with E-state index in [9.17, 15) is 22.8 Å². The lowest BCUT2D eigenvalue weighted by Gasteiger charge is -2.17. The van der Waals surface area contributed by atoms with Gasteiger partial charge in [0.15, 0.2) is 0 Å². The molecule has 1 unspecified atom stereocenters. The maximum Gasteiger partial charge on any atom is 0.416 e. The molecule has 1 saturated heterocycles. The fourth-order valence-electron chi connectivity index (χ4n) is 3.05. The van der Waals surface area contributed by atoms with Gasteiger partial charge in [-0.05, 0) is 43.3 Å². The lowest BCUT2D eigenvalue weighted by atomic mass is 10.1. The largest absolute Gasteiger partial charge is 0.416 e. The van der Waals surface area contributed by atoms with Gasteiger partial charge >= 0.3 is 12.2 Å². The summed E-state index contributed by atoms with van der Waals surface area (Å²) in [6.45, 7) is 2.76. The number of hydrogen-bond acceptors (Lipinski definition) is 2. The minimum absolute atomic E-state index is 0.00111. The van der Waals surface area contributed by atoms with Crippen molar-refractivity contribution in [2.75, 3.05) is 23.3 Å². The van der Waals surface area contributed by atoms with Crippen molar-refractivity contribution in [3.8, 4) is 0 Å². The van der Waals surface area contributed by atoms with Crippen LogP contribution in [-0.4, -0.2) is 25.0 Å². The Balaban J connectivity index is 1.50. The Labute approximate surface area is 160 Å². The molecule has 0 spiro atoms. The second-order valence-corrected chi connectivity index (χ2v) is 6.82.